The maximum Gasteiger partial charge on any atom is 0.164 e. The lowest BCUT2D eigenvalue weighted by atomic mass is 9.82. The normalized spacial score (nSPS) is 19.6. The van der Waals surface area contributed by atoms with Crippen LogP contribution in [0.5, 0.6) is 5.75 Å². The third kappa shape index (κ3) is 4.69. The molecule has 3 rings (SSSR count). The summed E-state index contributed by atoms with van der Waals surface area (Å²) in [5.74, 6) is -1.13. The largest absolute Gasteiger partial charge is 0.494 e. The summed E-state index contributed by atoms with van der Waals surface area (Å²) in [4.78, 5) is 0. The van der Waals surface area contributed by atoms with Crippen LogP contribution in [-0.4, -0.2) is 12.7 Å². The first-order chi connectivity index (χ1) is 13.5. The molecule has 0 saturated heterocycles. The lowest BCUT2D eigenvalue weighted by molar-refractivity contribution is 0.0116. The van der Waals surface area contributed by atoms with E-state index in [4.69, 9.17) is 9.47 Å². The van der Waals surface area contributed by atoms with Gasteiger partial charge >= 0.3 is 0 Å². The first kappa shape index (κ1) is 20.7. The summed E-state index contributed by atoms with van der Waals surface area (Å²) < 4.78 is 53.6. The van der Waals surface area contributed by atoms with Crippen LogP contribution in [0.3, 0.4) is 0 Å². The van der Waals surface area contributed by atoms with Gasteiger partial charge in [0.05, 0.1) is 19.3 Å². The van der Waals surface area contributed by atoms with Crippen molar-refractivity contribution in [2.45, 2.75) is 64.6 Å². The fraction of sp³-hybridized carbons (Fsp3) is 0.478. The summed E-state index contributed by atoms with van der Waals surface area (Å²) in [6.45, 7) is 4.22. The first-order valence-corrected chi connectivity index (χ1v) is 10.0. The molecule has 2 aromatic carbocycles. The molecule has 0 radical (unpaired) electrons. The second-order valence-corrected chi connectivity index (χ2v) is 7.27. The Balaban J connectivity index is 1.54. The van der Waals surface area contributed by atoms with E-state index in [1.54, 1.807) is 25.1 Å². The monoisotopic (exact) mass is 392 g/mol. The fourth-order valence-electron chi connectivity index (χ4n) is 3.86. The van der Waals surface area contributed by atoms with Gasteiger partial charge in [0.15, 0.2) is 11.6 Å². The van der Waals surface area contributed by atoms with Crippen LogP contribution in [0.2, 0.25) is 0 Å². The highest BCUT2D eigenvalue weighted by Crippen LogP contribution is 2.36. The third-order valence-electron chi connectivity index (χ3n) is 5.49. The Morgan fingerprint density at radius 1 is 0.893 bits per heavy atom. The zero-order valence-corrected chi connectivity index (χ0v) is 16.4. The van der Waals surface area contributed by atoms with Crippen molar-refractivity contribution in [3.05, 3.63) is 64.5 Å². The van der Waals surface area contributed by atoms with Gasteiger partial charge in [0.2, 0.25) is 0 Å². The molecule has 1 aliphatic rings. The summed E-state index contributed by atoms with van der Waals surface area (Å²) in [6.07, 6.45) is 3.59. The highest BCUT2D eigenvalue weighted by molar-refractivity contribution is 5.31. The Labute approximate surface area is 164 Å². The van der Waals surface area contributed by atoms with Gasteiger partial charge in [0.25, 0.3) is 0 Å². The highest BCUT2D eigenvalue weighted by Gasteiger charge is 2.25. The molecule has 0 spiro atoms. The van der Waals surface area contributed by atoms with Crippen molar-refractivity contribution in [2.75, 3.05) is 6.61 Å². The molecule has 152 valence electrons. The highest BCUT2D eigenvalue weighted by atomic mass is 19.2. The zero-order chi connectivity index (χ0) is 20.1. The maximum absolute atomic E-state index is 14.4. The van der Waals surface area contributed by atoms with Gasteiger partial charge in [-0.1, -0.05) is 25.1 Å². The lowest BCUT2D eigenvalue weighted by Gasteiger charge is -2.29. The van der Waals surface area contributed by atoms with Crippen LogP contribution in [0, 0.1) is 17.5 Å². The maximum atomic E-state index is 14.4. The molecule has 2 nitrogen and oxygen atoms in total. The van der Waals surface area contributed by atoms with E-state index in [9.17, 15) is 13.2 Å². The molecule has 28 heavy (non-hydrogen) atoms. The Hall–Kier alpha value is -2.01. The van der Waals surface area contributed by atoms with Crippen molar-refractivity contribution in [2.24, 2.45) is 0 Å². The average Bonchev–Trinajstić information content (AvgIpc) is 2.70. The number of halogens is 3. The van der Waals surface area contributed by atoms with Crippen molar-refractivity contribution in [3.8, 4) is 5.75 Å². The minimum atomic E-state index is -0.815. The molecule has 0 N–H and O–H groups in total. The van der Waals surface area contributed by atoms with Crippen LogP contribution in [0.15, 0.2) is 30.3 Å². The molecule has 0 unspecified atom stereocenters. The molecule has 0 amide bonds. The molecule has 1 saturated carbocycles. The third-order valence-corrected chi connectivity index (χ3v) is 5.49. The number of hydrogen-bond acceptors (Lipinski definition) is 2. The summed E-state index contributed by atoms with van der Waals surface area (Å²) >= 11 is 0. The molecular weight excluding hydrogens is 365 g/mol. The van der Waals surface area contributed by atoms with E-state index < -0.39 is 11.6 Å². The van der Waals surface area contributed by atoms with Crippen LogP contribution in [0.4, 0.5) is 13.2 Å². The van der Waals surface area contributed by atoms with Gasteiger partial charge in [-0.25, -0.2) is 13.2 Å². The number of rotatable bonds is 7. The number of ether oxygens (including phenoxy) is 2. The van der Waals surface area contributed by atoms with E-state index in [0.29, 0.717) is 29.9 Å². The Kier molecular flexibility index (Phi) is 7.00. The van der Waals surface area contributed by atoms with Gasteiger partial charge in [-0.3, -0.25) is 0 Å². The molecule has 0 aliphatic heterocycles. The van der Waals surface area contributed by atoms with Crippen LogP contribution < -0.4 is 4.74 Å². The quantitative estimate of drug-likeness (QED) is 0.550. The van der Waals surface area contributed by atoms with E-state index in [1.165, 1.54) is 6.07 Å². The number of hydrogen-bond donors (Lipinski definition) is 0. The van der Waals surface area contributed by atoms with Gasteiger partial charge in [0, 0.05) is 11.6 Å². The van der Waals surface area contributed by atoms with Gasteiger partial charge in [0.1, 0.15) is 11.6 Å². The van der Waals surface area contributed by atoms with E-state index in [-0.39, 0.29) is 30.0 Å². The molecule has 0 atom stereocenters. The predicted molar refractivity (Wildman–Crippen MR) is 103 cm³/mol. The SMILES string of the molecule is CCOc1ccc(C2CCC(OCc3ccc(CC)c(F)c3F)CC2)c(F)c1. The van der Waals surface area contributed by atoms with E-state index >= 15 is 0 Å². The standard InChI is InChI=1S/C23H27F3O2/c1-3-15-5-6-17(23(26)22(15)25)14-28-18-9-7-16(8-10-18)20-12-11-19(27-4-2)13-21(20)24/h5-6,11-13,16,18H,3-4,7-10,14H2,1-2H3. The second kappa shape index (κ2) is 9.46. The molecule has 1 fully saturated rings. The van der Waals surface area contributed by atoms with Gasteiger partial charge in [-0.05, 0) is 62.1 Å². The molecular formula is C23H27F3O2. The molecule has 0 heterocycles. The Morgan fingerprint density at radius 2 is 1.57 bits per heavy atom. The lowest BCUT2D eigenvalue weighted by Crippen LogP contribution is -2.21. The summed E-state index contributed by atoms with van der Waals surface area (Å²) in [6, 6.07) is 8.26. The van der Waals surface area contributed by atoms with Crippen molar-refractivity contribution >= 4 is 0 Å². The summed E-state index contributed by atoms with van der Waals surface area (Å²) in [5.41, 5.74) is 1.33. The number of aryl methyl sites for hydroxylation is 1. The van der Waals surface area contributed by atoms with Crippen LogP contribution >= 0.6 is 0 Å². The summed E-state index contributed by atoms with van der Waals surface area (Å²) in [7, 11) is 0. The molecule has 2 aromatic rings. The van der Waals surface area contributed by atoms with E-state index in [0.717, 1.165) is 25.7 Å². The van der Waals surface area contributed by atoms with Crippen LogP contribution in [0.1, 0.15) is 62.1 Å². The van der Waals surface area contributed by atoms with Gasteiger partial charge < -0.3 is 9.47 Å². The molecule has 5 heteroatoms. The van der Waals surface area contributed by atoms with E-state index in [1.807, 2.05) is 13.0 Å². The average molecular weight is 392 g/mol. The Bertz CT molecular complexity index is 799. The van der Waals surface area contributed by atoms with Crippen LogP contribution in [-0.2, 0) is 17.8 Å². The molecule has 0 bridgehead atoms. The van der Waals surface area contributed by atoms with E-state index in [2.05, 4.69) is 0 Å². The summed E-state index contributed by atoms with van der Waals surface area (Å²) in [5, 5.41) is 0. The zero-order valence-electron chi connectivity index (χ0n) is 16.4. The number of benzene rings is 2. The predicted octanol–water partition coefficient (Wildman–Crippen LogP) is 6.31. The smallest absolute Gasteiger partial charge is 0.164 e. The minimum Gasteiger partial charge on any atom is -0.494 e. The van der Waals surface area contributed by atoms with Crippen molar-refractivity contribution in [1.29, 1.82) is 0 Å². The Morgan fingerprint density at radius 3 is 2.21 bits per heavy atom. The fourth-order valence-corrected chi connectivity index (χ4v) is 3.86. The topological polar surface area (TPSA) is 18.5 Å². The minimum absolute atomic E-state index is 0.0182. The van der Waals surface area contributed by atoms with Crippen LogP contribution in [0.25, 0.3) is 0 Å². The van der Waals surface area contributed by atoms with Crippen molar-refractivity contribution in [3.63, 3.8) is 0 Å². The first-order valence-electron chi connectivity index (χ1n) is 10.0. The van der Waals surface area contributed by atoms with Gasteiger partial charge in [-0.15, -0.1) is 0 Å². The van der Waals surface area contributed by atoms with Gasteiger partial charge in [-0.2, -0.15) is 0 Å². The molecule has 1 aliphatic carbocycles. The van der Waals surface area contributed by atoms with Crippen molar-refractivity contribution in [1.82, 2.24) is 0 Å². The molecule has 0 aromatic heterocycles. The van der Waals surface area contributed by atoms with Crippen molar-refractivity contribution < 1.29 is 22.6 Å². The second-order valence-electron chi connectivity index (χ2n) is 7.27.